The van der Waals surface area contributed by atoms with Crippen LogP contribution in [0.1, 0.15) is 5.56 Å². The molecule has 0 amide bonds. The molecule has 0 saturated heterocycles. The fourth-order valence-electron chi connectivity index (χ4n) is 1.56. The highest BCUT2D eigenvalue weighted by atomic mass is 79.9. The van der Waals surface area contributed by atoms with Gasteiger partial charge in [0.05, 0.1) is 12.0 Å². The van der Waals surface area contributed by atoms with Crippen molar-refractivity contribution in [2.24, 2.45) is 0 Å². The molecule has 0 radical (unpaired) electrons. The summed E-state index contributed by atoms with van der Waals surface area (Å²) >= 11 is 3.23. The van der Waals surface area contributed by atoms with Gasteiger partial charge in [0.25, 0.3) is 0 Å². The molecular weight excluding hydrogens is 344 g/mol. The molecule has 0 spiro atoms. The molecule has 1 N–H and O–H groups in total. The van der Waals surface area contributed by atoms with Gasteiger partial charge in [-0.2, -0.15) is 0 Å². The topological polar surface area (TPSA) is 68.3 Å². The first kappa shape index (κ1) is 15.0. The van der Waals surface area contributed by atoms with Crippen LogP contribution >= 0.6 is 15.9 Å². The van der Waals surface area contributed by atoms with E-state index < -0.39 is 10.0 Å². The van der Waals surface area contributed by atoms with Crippen molar-refractivity contribution in [2.45, 2.75) is 11.4 Å². The summed E-state index contributed by atoms with van der Waals surface area (Å²) in [6.45, 7) is 0.167. The lowest BCUT2D eigenvalue weighted by Crippen LogP contribution is -2.23. The lowest BCUT2D eigenvalue weighted by atomic mass is 10.3. The van der Waals surface area contributed by atoms with Crippen molar-refractivity contribution in [3.63, 3.8) is 0 Å². The molecule has 1 heterocycles. The van der Waals surface area contributed by atoms with Crippen LogP contribution in [0.15, 0.2) is 52.0 Å². The maximum atomic E-state index is 12.2. The molecule has 106 valence electrons. The van der Waals surface area contributed by atoms with Gasteiger partial charge >= 0.3 is 0 Å². The molecule has 0 atom stereocenters. The second-order valence-corrected chi connectivity index (χ2v) is 6.55. The Labute approximate surface area is 126 Å². The summed E-state index contributed by atoms with van der Waals surface area (Å²) in [6, 6.07) is 10.1. The van der Waals surface area contributed by atoms with E-state index >= 15 is 0 Å². The fraction of sp³-hybridized carbons (Fsp3) is 0.154. The van der Waals surface area contributed by atoms with Crippen LogP contribution in [0, 0.1) is 0 Å². The molecule has 0 unspecified atom stereocenters. The number of nitrogens with zero attached hydrogens (tertiary/aromatic N) is 1. The van der Waals surface area contributed by atoms with Crippen molar-refractivity contribution in [3.05, 3.63) is 52.6 Å². The highest BCUT2D eigenvalue weighted by Crippen LogP contribution is 2.21. The molecule has 2 aromatic rings. The van der Waals surface area contributed by atoms with Crippen molar-refractivity contribution in [1.29, 1.82) is 0 Å². The summed E-state index contributed by atoms with van der Waals surface area (Å²) in [5.74, 6) is 0.488. The Kier molecular flexibility index (Phi) is 4.74. The summed E-state index contributed by atoms with van der Waals surface area (Å²) in [7, 11) is -2.04. The normalized spacial score (nSPS) is 11.3. The van der Waals surface area contributed by atoms with Gasteiger partial charge in [-0.15, -0.1) is 0 Å². The molecule has 0 aliphatic rings. The van der Waals surface area contributed by atoms with E-state index in [1.54, 1.807) is 42.6 Å². The molecule has 0 aliphatic carbocycles. The summed E-state index contributed by atoms with van der Waals surface area (Å²) in [5, 5.41) is 0. The summed E-state index contributed by atoms with van der Waals surface area (Å²) < 4.78 is 32.3. The van der Waals surface area contributed by atoms with Crippen molar-refractivity contribution < 1.29 is 13.2 Å². The average molecular weight is 357 g/mol. The first-order valence-corrected chi connectivity index (χ1v) is 8.03. The number of benzene rings is 1. The van der Waals surface area contributed by atoms with Crippen LogP contribution in [0.3, 0.4) is 0 Å². The SMILES string of the molecule is COc1ccc(CNS(=O)(=O)c2ccccc2Br)cn1. The van der Waals surface area contributed by atoms with Crippen LogP contribution in [-0.4, -0.2) is 20.5 Å². The lowest BCUT2D eigenvalue weighted by Gasteiger charge is -2.08. The number of sulfonamides is 1. The number of rotatable bonds is 5. The van der Waals surface area contributed by atoms with Gasteiger partial charge in [-0.05, 0) is 33.6 Å². The third kappa shape index (κ3) is 3.56. The van der Waals surface area contributed by atoms with Gasteiger partial charge in [0.1, 0.15) is 0 Å². The van der Waals surface area contributed by atoms with Crippen molar-refractivity contribution >= 4 is 26.0 Å². The maximum absolute atomic E-state index is 12.2. The maximum Gasteiger partial charge on any atom is 0.241 e. The van der Waals surface area contributed by atoms with Crippen molar-refractivity contribution in [2.75, 3.05) is 7.11 Å². The molecule has 0 aliphatic heterocycles. The average Bonchev–Trinajstić information content (AvgIpc) is 2.46. The second kappa shape index (κ2) is 6.34. The van der Waals surface area contributed by atoms with Gasteiger partial charge < -0.3 is 4.74 Å². The van der Waals surface area contributed by atoms with Crippen LogP contribution in [0.2, 0.25) is 0 Å². The quantitative estimate of drug-likeness (QED) is 0.892. The minimum atomic E-state index is -3.56. The van der Waals surface area contributed by atoms with E-state index in [1.165, 1.54) is 7.11 Å². The minimum absolute atomic E-state index is 0.167. The number of pyridine rings is 1. The number of aromatic nitrogens is 1. The molecule has 20 heavy (non-hydrogen) atoms. The highest BCUT2D eigenvalue weighted by Gasteiger charge is 2.16. The Morgan fingerprint density at radius 1 is 1.25 bits per heavy atom. The van der Waals surface area contributed by atoms with Crippen LogP contribution in [0.4, 0.5) is 0 Å². The Morgan fingerprint density at radius 2 is 2.00 bits per heavy atom. The third-order valence-corrected chi connectivity index (χ3v) is 5.01. The lowest BCUT2D eigenvalue weighted by molar-refractivity contribution is 0.397. The van der Waals surface area contributed by atoms with Crippen molar-refractivity contribution in [1.82, 2.24) is 9.71 Å². The molecule has 5 nitrogen and oxygen atoms in total. The standard InChI is InChI=1S/C13H13BrN2O3S/c1-19-13-7-6-10(8-15-13)9-16-20(17,18)12-5-3-2-4-11(12)14/h2-8,16H,9H2,1H3. The summed E-state index contributed by atoms with van der Waals surface area (Å²) in [5.41, 5.74) is 0.751. The number of hydrogen-bond donors (Lipinski definition) is 1. The van der Waals surface area contributed by atoms with Crippen LogP contribution < -0.4 is 9.46 Å². The molecule has 1 aromatic carbocycles. The third-order valence-electron chi connectivity index (χ3n) is 2.60. The number of methoxy groups -OCH3 is 1. The van der Waals surface area contributed by atoms with Gasteiger partial charge in [0.15, 0.2) is 0 Å². The van der Waals surface area contributed by atoms with Gasteiger partial charge in [0, 0.05) is 23.3 Å². The second-order valence-electron chi connectivity index (χ2n) is 3.96. The molecule has 7 heteroatoms. The molecular formula is C13H13BrN2O3S. The Bertz CT molecular complexity index is 687. The monoisotopic (exact) mass is 356 g/mol. The fourth-order valence-corrected chi connectivity index (χ4v) is 3.57. The van der Waals surface area contributed by atoms with E-state index in [1.807, 2.05) is 0 Å². The molecule has 0 bridgehead atoms. The first-order valence-electron chi connectivity index (χ1n) is 5.76. The largest absolute Gasteiger partial charge is 0.481 e. The van der Waals surface area contributed by atoms with E-state index in [-0.39, 0.29) is 11.4 Å². The van der Waals surface area contributed by atoms with E-state index in [0.717, 1.165) is 5.56 Å². The Hall–Kier alpha value is -1.44. The summed E-state index contributed by atoms with van der Waals surface area (Å²) in [4.78, 5) is 4.23. The zero-order valence-corrected chi connectivity index (χ0v) is 13.1. The highest BCUT2D eigenvalue weighted by molar-refractivity contribution is 9.10. The van der Waals surface area contributed by atoms with E-state index in [0.29, 0.717) is 10.4 Å². The van der Waals surface area contributed by atoms with Crippen LogP contribution in [-0.2, 0) is 16.6 Å². The Morgan fingerprint density at radius 3 is 2.60 bits per heavy atom. The molecule has 2 rings (SSSR count). The minimum Gasteiger partial charge on any atom is -0.481 e. The number of ether oxygens (including phenoxy) is 1. The van der Waals surface area contributed by atoms with Crippen LogP contribution in [0.5, 0.6) is 5.88 Å². The zero-order valence-electron chi connectivity index (χ0n) is 10.7. The van der Waals surface area contributed by atoms with E-state index in [4.69, 9.17) is 4.74 Å². The number of nitrogens with one attached hydrogen (secondary N) is 1. The smallest absolute Gasteiger partial charge is 0.241 e. The van der Waals surface area contributed by atoms with Gasteiger partial charge in [-0.25, -0.2) is 18.1 Å². The van der Waals surface area contributed by atoms with Crippen LogP contribution in [0.25, 0.3) is 0 Å². The zero-order chi connectivity index (χ0) is 14.6. The predicted molar refractivity (Wildman–Crippen MR) is 79.0 cm³/mol. The first-order chi connectivity index (χ1) is 9.53. The molecule has 0 fully saturated rings. The van der Waals surface area contributed by atoms with Gasteiger partial charge in [0.2, 0.25) is 15.9 Å². The van der Waals surface area contributed by atoms with E-state index in [2.05, 4.69) is 25.6 Å². The molecule has 1 aromatic heterocycles. The van der Waals surface area contributed by atoms with Gasteiger partial charge in [-0.1, -0.05) is 18.2 Å². The predicted octanol–water partition coefficient (Wildman–Crippen LogP) is 2.33. The number of halogens is 1. The summed E-state index contributed by atoms with van der Waals surface area (Å²) in [6.07, 6.45) is 1.57. The Balaban J connectivity index is 2.11. The number of hydrogen-bond acceptors (Lipinski definition) is 4. The van der Waals surface area contributed by atoms with Crippen molar-refractivity contribution in [3.8, 4) is 5.88 Å². The van der Waals surface area contributed by atoms with Gasteiger partial charge in [-0.3, -0.25) is 0 Å². The molecule has 0 saturated carbocycles. The van der Waals surface area contributed by atoms with E-state index in [9.17, 15) is 8.42 Å².